The standard InChI is InChI=1S/C56H76N4O10P2/c1-17-67-71(65,68-18-2)51(39-33-41(53(5,6)7)47(61)42(34-39)54(8,9)10)59(45-25-21-23-31-57-45)49(63)37-27-29-38(30-28-37)50(64)60(46-26-22-24-32-58-46)52(72(66,69-19-3)70-20-4)40-35-43(55(11,12)13)48(62)44(36-40)56(14,15)16/h21-36,51-52,61-62H,17-20H2,1-16H3. The minimum absolute atomic E-state index is 0.0162. The maximum Gasteiger partial charge on any atom is 0.357 e. The minimum Gasteiger partial charge on any atom is -0.507 e. The second-order valence-electron chi connectivity index (χ2n) is 21.7. The van der Waals surface area contributed by atoms with E-state index >= 15 is 18.7 Å². The van der Waals surface area contributed by atoms with Crippen molar-refractivity contribution in [2.75, 3.05) is 36.2 Å². The summed E-state index contributed by atoms with van der Waals surface area (Å²) in [5.41, 5.74) is 0.840. The van der Waals surface area contributed by atoms with Crippen molar-refractivity contribution in [3.63, 3.8) is 0 Å². The highest BCUT2D eigenvalue weighted by molar-refractivity contribution is 7.54. The van der Waals surface area contributed by atoms with Crippen LogP contribution in [0.5, 0.6) is 11.5 Å². The molecule has 0 aliphatic heterocycles. The molecule has 0 fully saturated rings. The normalized spacial score (nSPS) is 13.7. The van der Waals surface area contributed by atoms with Gasteiger partial charge in [-0.05, 0) is 156 Å². The van der Waals surface area contributed by atoms with Gasteiger partial charge in [0.1, 0.15) is 23.1 Å². The van der Waals surface area contributed by atoms with Crippen LogP contribution < -0.4 is 9.80 Å². The SMILES string of the molecule is CCOP(=O)(OCC)C(c1cc(C(C)(C)C)c(O)c(C(C)(C)C)c1)N(C(=O)c1ccc(C(=O)N(c2ccccn2)C(c2cc(C(C)(C)C)c(O)c(C(C)(C)C)c2)P(=O)(OCC)OCC)cc1)c1ccccn1. The minimum atomic E-state index is -4.33. The van der Waals surface area contributed by atoms with Crippen molar-refractivity contribution in [2.24, 2.45) is 0 Å². The summed E-state index contributed by atoms with van der Waals surface area (Å²) in [6.45, 7) is 30.2. The van der Waals surface area contributed by atoms with E-state index in [2.05, 4.69) is 9.97 Å². The highest BCUT2D eigenvalue weighted by atomic mass is 31.2. The molecule has 390 valence electrons. The van der Waals surface area contributed by atoms with Crippen LogP contribution in [0.4, 0.5) is 11.6 Å². The van der Waals surface area contributed by atoms with Crippen molar-refractivity contribution in [2.45, 2.75) is 144 Å². The third kappa shape index (κ3) is 12.6. The number of nitrogens with zero attached hydrogens (tertiary/aromatic N) is 4. The van der Waals surface area contributed by atoms with E-state index < -0.39 is 60.2 Å². The predicted molar refractivity (Wildman–Crippen MR) is 287 cm³/mol. The smallest absolute Gasteiger partial charge is 0.357 e. The molecule has 0 radical (unpaired) electrons. The van der Waals surface area contributed by atoms with Crippen molar-refractivity contribution in [1.82, 2.24) is 9.97 Å². The first-order valence-corrected chi connectivity index (χ1v) is 27.8. The van der Waals surface area contributed by atoms with E-state index in [1.807, 2.05) is 83.1 Å². The Morgan fingerprint density at radius 1 is 0.486 bits per heavy atom. The maximum absolute atomic E-state index is 15.5. The van der Waals surface area contributed by atoms with Gasteiger partial charge in [-0.1, -0.05) is 95.2 Å². The van der Waals surface area contributed by atoms with Gasteiger partial charge in [-0.3, -0.25) is 28.5 Å². The molecule has 0 spiro atoms. The number of carbonyl (C=O) groups excluding carboxylic acids is 2. The number of benzene rings is 3. The molecule has 2 unspecified atom stereocenters. The van der Waals surface area contributed by atoms with Gasteiger partial charge in [-0.25, -0.2) is 9.97 Å². The molecule has 0 aliphatic rings. The van der Waals surface area contributed by atoms with Crippen molar-refractivity contribution >= 4 is 38.6 Å². The Labute approximate surface area is 427 Å². The fourth-order valence-corrected chi connectivity index (χ4v) is 12.8. The third-order valence-electron chi connectivity index (χ3n) is 12.0. The first-order chi connectivity index (χ1) is 33.5. The molecular formula is C56H76N4O10P2. The summed E-state index contributed by atoms with van der Waals surface area (Å²) < 4.78 is 55.4. The Kier molecular flexibility index (Phi) is 18.0. The summed E-state index contributed by atoms with van der Waals surface area (Å²) in [5, 5.41) is 23.6. The average molecular weight is 1030 g/mol. The molecule has 0 saturated heterocycles. The Hall–Kier alpha value is -5.20. The Bertz CT molecular complexity index is 2500. The molecule has 0 saturated carbocycles. The first-order valence-electron chi connectivity index (χ1n) is 24.6. The summed E-state index contributed by atoms with van der Waals surface area (Å²) in [6.07, 6.45) is 3.04. The zero-order valence-electron chi connectivity index (χ0n) is 45.1. The highest BCUT2D eigenvalue weighted by Gasteiger charge is 2.48. The Morgan fingerprint density at radius 3 is 0.958 bits per heavy atom. The second-order valence-corrected chi connectivity index (χ2v) is 25.9. The van der Waals surface area contributed by atoms with Gasteiger partial charge in [-0.2, -0.15) is 0 Å². The van der Waals surface area contributed by atoms with Gasteiger partial charge in [0, 0.05) is 23.5 Å². The molecule has 5 rings (SSSR count). The molecule has 2 aromatic heterocycles. The summed E-state index contributed by atoms with van der Waals surface area (Å²) in [6, 6.07) is 23.0. The molecule has 5 aromatic rings. The lowest BCUT2D eigenvalue weighted by Crippen LogP contribution is -2.38. The maximum atomic E-state index is 15.5. The van der Waals surface area contributed by atoms with Gasteiger partial charge in [-0.15, -0.1) is 0 Å². The van der Waals surface area contributed by atoms with E-state index in [0.29, 0.717) is 33.4 Å². The number of amides is 2. The van der Waals surface area contributed by atoms with Gasteiger partial charge >= 0.3 is 15.2 Å². The van der Waals surface area contributed by atoms with E-state index in [0.717, 1.165) is 0 Å². The van der Waals surface area contributed by atoms with Crippen LogP contribution in [-0.4, -0.2) is 58.4 Å². The quantitative estimate of drug-likeness (QED) is 0.0795. The van der Waals surface area contributed by atoms with Crippen LogP contribution >= 0.6 is 15.2 Å². The number of phenolic OH excluding ortho intramolecular Hbond substituents is 2. The van der Waals surface area contributed by atoms with Crippen molar-refractivity contribution < 1.29 is 47.0 Å². The third-order valence-corrected chi connectivity index (χ3v) is 16.8. The first kappa shape index (κ1) is 57.7. The number of hydrogen-bond acceptors (Lipinski definition) is 12. The molecule has 0 aliphatic carbocycles. The average Bonchev–Trinajstić information content (AvgIpc) is 3.29. The van der Waals surface area contributed by atoms with Crippen molar-refractivity contribution in [1.29, 1.82) is 0 Å². The number of pyridine rings is 2. The van der Waals surface area contributed by atoms with Crippen LogP contribution in [0.15, 0.2) is 97.3 Å². The molecule has 3 aromatic carbocycles. The summed E-state index contributed by atoms with van der Waals surface area (Å²) in [5.74, 6) is -3.68. The van der Waals surface area contributed by atoms with Crippen LogP contribution in [0.1, 0.15) is 176 Å². The lowest BCUT2D eigenvalue weighted by atomic mass is 9.78. The van der Waals surface area contributed by atoms with Crippen molar-refractivity contribution in [3.8, 4) is 11.5 Å². The molecule has 0 bridgehead atoms. The highest BCUT2D eigenvalue weighted by Crippen LogP contribution is 2.65. The van der Waals surface area contributed by atoms with Crippen LogP contribution in [0.3, 0.4) is 0 Å². The molecule has 2 atom stereocenters. The number of hydrogen-bond donors (Lipinski definition) is 2. The lowest BCUT2D eigenvalue weighted by Gasteiger charge is -2.37. The molecule has 14 nitrogen and oxygen atoms in total. The van der Waals surface area contributed by atoms with Crippen LogP contribution in [0.25, 0.3) is 0 Å². The fourth-order valence-electron chi connectivity index (χ4n) is 8.63. The van der Waals surface area contributed by atoms with E-state index in [4.69, 9.17) is 18.1 Å². The number of anilines is 2. The van der Waals surface area contributed by atoms with Gasteiger partial charge in [0.15, 0.2) is 11.6 Å². The van der Waals surface area contributed by atoms with Crippen LogP contribution in [-0.2, 0) is 48.9 Å². The van der Waals surface area contributed by atoms with Crippen LogP contribution in [0, 0.1) is 0 Å². The van der Waals surface area contributed by atoms with Gasteiger partial charge in [0.2, 0.25) is 0 Å². The van der Waals surface area contributed by atoms with Crippen molar-refractivity contribution in [3.05, 3.63) is 142 Å². The molecule has 2 heterocycles. The van der Waals surface area contributed by atoms with E-state index in [9.17, 15) is 10.2 Å². The summed E-state index contributed by atoms with van der Waals surface area (Å²) in [4.78, 5) is 42.8. The van der Waals surface area contributed by atoms with Crippen LogP contribution in [0.2, 0.25) is 0 Å². The van der Waals surface area contributed by atoms with Gasteiger partial charge in [0.25, 0.3) is 11.8 Å². The van der Waals surface area contributed by atoms with E-state index in [-0.39, 0.29) is 60.7 Å². The molecule has 16 heteroatoms. The number of rotatable bonds is 18. The molecular weight excluding hydrogens is 951 g/mol. The van der Waals surface area contributed by atoms with Gasteiger partial charge in [0.05, 0.1) is 26.4 Å². The summed E-state index contributed by atoms with van der Waals surface area (Å²) >= 11 is 0. The Balaban J connectivity index is 1.80. The molecule has 2 amide bonds. The molecule has 72 heavy (non-hydrogen) atoms. The van der Waals surface area contributed by atoms with Gasteiger partial charge < -0.3 is 28.3 Å². The number of aromatic nitrogens is 2. The fraction of sp³-hybridized carbons (Fsp3) is 0.464. The number of carbonyl (C=O) groups is 2. The second kappa shape index (κ2) is 22.5. The number of phenols is 2. The Morgan fingerprint density at radius 2 is 0.750 bits per heavy atom. The monoisotopic (exact) mass is 1030 g/mol. The zero-order chi connectivity index (χ0) is 53.8. The predicted octanol–water partition coefficient (Wildman–Crippen LogP) is 14.3. The van der Waals surface area contributed by atoms with E-state index in [1.165, 1.54) is 46.5 Å². The topological polar surface area (TPSA) is 178 Å². The van der Waals surface area contributed by atoms with E-state index in [1.54, 1.807) is 88.4 Å². The summed E-state index contributed by atoms with van der Waals surface area (Å²) in [7, 11) is -8.66. The molecule has 2 N–H and O–H groups in total. The zero-order valence-corrected chi connectivity index (χ0v) is 46.9. The largest absolute Gasteiger partial charge is 0.507 e. The lowest BCUT2D eigenvalue weighted by molar-refractivity contribution is 0.0965. The number of aromatic hydroxyl groups is 2.